The number of rotatable bonds is 1. The van der Waals surface area contributed by atoms with Crippen LogP contribution in [0.3, 0.4) is 0 Å². The van der Waals surface area contributed by atoms with E-state index in [1.807, 2.05) is 35.7 Å². The van der Waals surface area contributed by atoms with Gasteiger partial charge < -0.3 is 9.15 Å². The van der Waals surface area contributed by atoms with Gasteiger partial charge in [0.25, 0.3) is 0 Å². The lowest BCUT2D eigenvalue weighted by molar-refractivity contribution is 0.418. The molecule has 0 unspecified atom stereocenters. The number of fused-ring (bicyclic) bond motifs is 3. The van der Waals surface area contributed by atoms with Gasteiger partial charge in [-0.3, -0.25) is 4.40 Å². The molecule has 0 aliphatic carbocycles. The number of imidazole rings is 1. The largest absolute Gasteiger partial charge is 0.494 e. The Labute approximate surface area is 86.1 Å². The minimum atomic E-state index is 0.604. The molecule has 0 saturated carbocycles. The van der Waals surface area contributed by atoms with Gasteiger partial charge in [-0.2, -0.15) is 4.98 Å². The van der Waals surface area contributed by atoms with Crippen molar-refractivity contribution in [1.82, 2.24) is 9.38 Å². The van der Waals surface area contributed by atoms with Crippen LogP contribution in [0.1, 0.15) is 5.69 Å². The monoisotopic (exact) mass is 202 g/mol. The maximum absolute atomic E-state index is 5.59. The minimum absolute atomic E-state index is 0.604. The van der Waals surface area contributed by atoms with Crippen molar-refractivity contribution < 1.29 is 9.15 Å². The second-order valence-electron chi connectivity index (χ2n) is 3.44. The molecule has 0 spiro atoms. The number of nitrogens with zero attached hydrogens (tertiary/aromatic N) is 2. The number of benzene rings is 1. The van der Waals surface area contributed by atoms with Crippen LogP contribution < -0.4 is 4.74 Å². The number of para-hydroxylation sites is 1. The third-order valence-corrected chi connectivity index (χ3v) is 2.42. The second kappa shape index (κ2) is 2.76. The van der Waals surface area contributed by atoms with E-state index in [4.69, 9.17) is 9.15 Å². The van der Waals surface area contributed by atoms with Crippen molar-refractivity contribution in [2.24, 2.45) is 0 Å². The predicted octanol–water partition coefficient (Wildman–Crippen LogP) is 2.40. The highest BCUT2D eigenvalue weighted by Gasteiger charge is 2.12. The van der Waals surface area contributed by atoms with Gasteiger partial charge in [0.1, 0.15) is 11.3 Å². The molecule has 3 aromatic rings. The molecule has 2 aromatic heterocycles. The molecule has 76 valence electrons. The number of methoxy groups -OCH3 is 1. The minimum Gasteiger partial charge on any atom is -0.494 e. The maximum atomic E-state index is 5.59. The summed E-state index contributed by atoms with van der Waals surface area (Å²) in [6.07, 6.45) is 1.93. The molecule has 0 amide bonds. The molecule has 0 radical (unpaired) electrons. The predicted molar refractivity (Wildman–Crippen MR) is 56.3 cm³/mol. The van der Waals surface area contributed by atoms with E-state index in [1.54, 1.807) is 7.11 Å². The van der Waals surface area contributed by atoms with Crippen LogP contribution in [0, 0.1) is 6.92 Å². The van der Waals surface area contributed by atoms with Crippen LogP contribution in [0.25, 0.3) is 16.9 Å². The molecule has 2 heterocycles. The smallest absolute Gasteiger partial charge is 0.307 e. The van der Waals surface area contributed by atoms with Crippen molar-refractivity contribution in [3.63, 3.8) is 0 Å². The first kappa shape index (κ1) is 8.35. The quantitative estimate of drug-likeness (QED) is 0.608. The van der Waals surface area contributed by atoms with Crippen LogP contribution in [-0.4, -0.2) is 16.5 Å². The van der Waals surface area contributed by atoms with Gasteiger partial charge in [0, 0.05) is 6.20 Å². The normalized spacial score (nSPS) is 11.3. The van der Waals surface area contributed by atoms with E-state index in [-0.39, 0.29) is 0 Å². The fourth-order valence-corrected chi connectivity index (χ4v) is 1.79. The molecule has 0 aliphatic heterocycles. The molecule has 0 fully saturated rings. The Morgan fingerprint density at radius 1 is 1.40 bits per heavy atom. The van der Waals surface area contributed by atoms with Crippen molar-refractivity contribution in [3.05, 3.63) is 30.1 Å². The van der Waals surface area contributed by atoms with Crippen molar-refractivity contribution in [2.45, 2.75) is 6.92 Å². The molecule has 0 N–H and O–H groups in total. The third kappa shape index (κ3) is 1.05. The fraction of sp³-hybridized carbons (Fsp3) is 0.182. The fourth-order valence-electron chi connectivity index (χ4n) is 1.79. The number of aryl methyl sites for hydroxylation is 1. The summed E-state index contributed by atoms with van der Waals surface area (Å²) < 4.78 is 12.8. The van der Waals surface area contributed by atoms with Gasteiger partial charge in [-0.15, -0.1) is 0 Å². The molecular formula is C11H10N2O2. The molecule has 0 saturated heterocycles. The summed E-state index contributed by atoms with van der Waals surface area (Å²) in [4.78, 5) is 4.27. The highest BCUT2D eigenvalue weighted by atomic mass is 16.5. The number of hydrogen-bond acceptors (Lipinski definition) is 3. The van der Waals surface area contributed by atoms with Gasteiger partial charge in [0.2, 0.25) is 0 Å². The summed E-state index contributed by atoms with van der Waals surface area (Å²) in [5, 5.41) is 0. The standard InChI is InChI=1S/C11H10N2O2/c1-7-6-13-10-8(14-2)4-3-5-9(10)15-11(13)12-7/h3-6H,1-2H3. The van der Waals surface area contributed by atoms with Crippen LogP contribution in [0.4, 0.5) is 0 Å². The summed E-state index contributed by atoms with van der Waals surface area (Å²) in [6.45, 7) is 1.93. The van der Waals surface area contributed by atoms with Gasteiger partial charge in [0.15, 0.2) is 5.58 Å². The second-order valence-corrected chi connectivity index (χ2v) is 3.44. The molecule has 0 bridgehead atoms. The number of ether oxygens (including phenoxy) is 1. The molecule has 0 atom stereocenters. The number of oxazole rings is 1. The average Bonchev–Trinajstić information content (AvgIpc) is 2.72. The highest BCUT2D eigenvalue weighted by Crippen LogP contribution is 2.28. The SMILES string of the molecule is COc1cccc2oc3nc(C)cn3c12. The Bertz CT molecular complexity index is 636. The molecule has 15 heavy (non-hydrogen) atoms. The van der Waals surface area contributed by atoms with Crippen molar-refractivity contribution in [2.75, 3.05) is 7.11 Å². The van der Waals surface area contributed by atoms with Crippen LogP contribution in [0.5, 0.6) is 5.75 Å². The Hall–Kier alpha value is -1.97. The lowest BCUT2D eigenvalue weighted by Gasteiger charge is -1.99. The van der Waals surface area contributed by atoms with E-state index < -0.39 is 0 Å². The highest BCUT2D eigenvalue weighted by molar-refractivity contribution is 5.82. The van der Waals surface area contributed by atoms with Crippen molar-refractivity contribution in [1.29, 1.82) is 0 Å². The molecule has 4 heteroatoms. The van der Waals surface area contributed by atoms with Gasteiger partial charge >= 0.3 is 5.84 Å². The lowest BCUT2D eigenvalue weighted by atomic mass is 10.3. The summed E-state index contributed by atoms with van der Waals surface area (Å²) >= 11 is 0. The molecule has 1 aromatic carbocycles. The number of aromatic nitrogens is 2. The number of hydrogen-bond donors (Lipinski definition) is 0. The zero-order chi connectivity index (χ0) is 10.4. The van der Waals surface area contributed by atoms with E-state index in [9.17, 15) is 0 Å². The Morgan fingerprint density at radius 2 is 2.27 bits per heavy atom. The van der Waals surface area contributed by atoms with Crippen molar-refractivity contribution >= 4 is 16.9 Å². The zero-order valence-electron chi connectivity index (χ0n) is 8.52. The Morgan fingerprint density at radius 3 is 3.07 bits per heavy atom. The van der Waals surface area contributed by atoms with E-state index in [0.717, 1.165) is 22.5 Å². The maximum Gasteiger partial charge on any atom is 0.307 e. The van der Waals surface area contributed by atoms with Gasteiger partial charge in [0.05, 0.1) is 12.8 Å². The average molecular weight is 202 g/mol. The van der Waals surface area contributed by atoms with Gasteiger partial charge in [-0.1, -0.05) is 6.07 Å². The topological polar surface area (TPSA) is 39.7 Å². The summed E-state index contributed by atoms with van der Waals surface area (Å²) in [5.41, 5.74) is 2.65. The van der Waals surface area contributed by atoms with E-state index in [2.05, 4.69) is 4.98 Å². The summed E-state index contributed by atoms with van der Waals surface area (Å²) in [6, 6.07) is 5.71. The zero-order valence-corrected chi connectivity index (χ0v) is 8.52. The van der Waals surface area contributed by atoms with E-state index in [0.29, 0.717) is 5.84 Å². The van der Waals surface area contributed by atoms with E-state index in [1.165, 1.54) is 0 Å². The molecular weight excluding hydrogens is 192 g/mol. The molecule has 0 aliphatic rings. The summed E-state index contributed by atoms with van der Waals surface area (Å²) in [7, 11) is 1.65. The first-order valence-corrected chi connectivity index (χ1v) is 4.71. The summed E-state index contributed by atoms with van der Waals surface area (Å²) in [5.74, 6) is 1.40. The first-order valence-electron chi connectivity index (χ1n) is 4.71. The van der Waals surface area contributed by atoms with Crippen LogP contribution in [0.15, 0.2) is 28.8 Å². The Kier molecular flexibility index (Phi) is 1.54. The van der Waals surface area contributed by atoms with Crippen LogP contribution in [0.2, 0.25) is 0 Å². The third-order valence-electron chi connectivity index (χ3n) is 2.42. The van der Waals surface area contributed by atoms with E-state index >= 15 is 0 Å². The lowest BCUT2D eigenvalue weighted by Crippen LogP contribution is -1.86. The van der Waals surface area contributed by atoms with Crippen LogP contribution in [-0.2, 0) is 0 Å². The Balaban J connectivity index is 2.53. The molecule has 4 nitrogen and oxygen atoms in total. The molecule has 3 rings (SSSR count). The van der Waals surface area contributed by atoms with Gasteiger partial charge in [-0.25, -0.2) is 0 Å². The van der Waals surface area contributed by atoms with Gasteiger partial charge in [-0.05, 0) is 19.1 Å². The van der Waals surface area contributed by atoms with Crippen LogP contribution >= 0.6 is 0 Å². The first-order chi connectivity index (χ1) is 7.29. The van der Waals surface area contributed by atoms with Crippen molar-refractivity contribution in [3.8, 4) is 5.75 Å².